The SMILES string of the molecule is OC(Cc1c(Cl)cccc1Cl)c1cc2cccc(Cl)c2o1. The van der Waals surface area contributed by atoms with Crippen LogP contribution in [0.4, 0.5) is 0 Å². The van der Waals surface area contributed by atoms with Crippen LogP contribution in [0, 0.1) is 0 Å². The molecule has 0 radical (unpaired) electrons. The number of benzene rings is 2. The quantitative estimate of drug-likeness (QED) is 0.666. The summed E-state index contributed by atoms with van der Waals surface area (Å²) >= 11 is 18.3. The minimum atomic E-state index is -0.842. The number of aliphatic hydroxyl groups is 1. The van der Waals surface area contributed by atoms with Crippen molar-refractivity contribution in [3.05, 3.63) is 68.9 Å². The summed E-state index contributed by atoms with van der Waals surface area (Å²) in [4.78, 5) is 0. The molecule has 21 heavy (non-hydrogen) atoms. The number of fused-ring (bicyclic) bond motifs is 1. The molecule has 5 heteroatoms. The lowest BCUT2D eigenvalue weighted by Crippen LogP contribution is -2.01. The number of rotatable bonds is 3. The van der Waals surface area contributed by atoms with Gasteiger partial charge in [0.05, 0.1) is 5.02 Å². The molecule has 1 heterocycles. The fourth-order valence-corrected chi connectivity index (χ4v) is 3.01. The van der Waals surface area contributed by atoms with Gasteiger partial charge in [-0.2, -0.15) is 0 Å². The highest BCUT2D eigenvalue weighted by molar-refractivity contribution is 6.36. The molecule has 3 rings (SSSR count). The number of hydrogen-bond donors (Lipinski definition) is 1. The van der Waals surface area contributed by atoms with Crippen LogP contribution in [-0.4, -0.2) is 5.11 Å². The molecule has 108 valence electrons. The van der Waals surface area contributed by atoms with Gasteiger partial charge in [0, 0.05) is 21.9 Å². The zero-order valence-corrected chi connectivity index (χ0v) is 13.1. The Balaban J connectivity index is 1.94. The molecule has 2 nitrogen and oxygen atoms in total. The number of para-hydroxylation sites is 1. The summed E-state index contributed by atoms with van der Waals surface area (Å²) in [6, 6.07) is 12.5. The molecule has 0 amide bonds. The zero-order chi connectivity index (χ0) is 15.0. The first-order valence-electron chi connectivity index (χ1n) is 6.35. The number of halogens is 3. The van der Waals surface area contributed by atoms with Gasteiger partial charge in [-0.25, -0.2) is 0 Å². The van der Waals surface area contributed by atoms with Gasteiger partial charge in [-0.3, -0.25) is 0 Å². The Bertz CT molecular complexity index is 775. The summed E-state index contributed by atoms with van der Waals surface area (Å²) in [6.45, 7) is 0. The fraction of sp³-hybridized carbons (Fsp3) is 0.125. The molecule has 1 atom stereocenters. The van der Waals surface area contributed by atoms with E-state index in [9.17, 15) is 5.11 Å². The predicted octanol–water partition coefficient (Wildman–Crippen LogP) is 5.67. The van der Waals surface area contributed by atoms with Crippen LogP contribution in [0.25, 0.3) is 11.0 Å². The normalized spacial score (nSPS) is 12.8. The average molecular weight is 342 g/mol. The summed E-state index contributed by atoms with van der Waals surface area (Å²) in [7, 11) is 0. The molecule has 0 saturated heterocycles. The van der Waals surface area contributed by atoms with E-state index in [1.54, 1.807) is 30.3 Å². The Morgan fingerprint density at radius 2 is 1.57 bits per heavy atom. The largest absolute Gasteiger partial charge is 0.457 e. The molecule has 1 aromatic heterocycles. The summed E-state index contributed by atoms with van der Waals surface area (Å²) in [5.74, 6) is 0.439. The van der Waals surface area contributed by atoms with Crippen LogP contribution in [0.5, 0.6) is 0 Å². The smallest absolute Gasteiger partial charge is 0.152 e. The standard InChI is InChI=1S/C16H11Cl3O2/c17-11-4-2-5-12(18)10(11)8-14(20)15-7-9-3-1-6-13(19)16(9)21-15/h1-7,14,20H,8H2. The van der Waals surface area contributed by atoms with E-state index < -0.39 is 6.10 Å². The van der Waals surface area contributed by atoms with E-state index in [0.717, 1.165) is 5.39 Å². The second-order valence-corrected chi connectivity index (χ2v) is 5.95. The third-order valence-corrected chi connectivity index (χ3v) is 4.31. The Kier molecular flexibility index (Phi) is 4.14. The third kappa shape index (κ3) is 2.90. The van der Waals surface area contributed by atoms with Crippen molar-refractivity contribution in [3.8, 4) is 0 Å². The molecule has 2 aromatic carbocycles. The highest BCUT2D eigenvalue weighted by Gasteiger charge is 2.18. The fourth-order valence-electron chi connectivity index (χ4n) is 2.23. The van der Waals surface area contributed by atoms with Crippen LogP contribution >= 0.6 is 34.8 Å². The molecule has 0 spiro atoms. The first-order valence-corrected chi connectivity index (χ1v) is 7.48. The number of furan rings is 1. The minimum Gasteiger partial charge on any atom is -0.457 e. The van der Waals surface area contributed by atoms with E-state index in [4.69, 9.17) is 39.2 Å². The molecule has 0 bridgehead atoms. The van der Waals surface area contributed by atoms with Crippen molar-refractivity contribution in [3.63, 3.8) is 0 Å². The van der Waals surface area contributed by atoms with Crippen molar-refractivity contribution in [2.45, 2.75) is 12.5 Å². The van der Waals surface area contributed by atoms with Gasteiger partial charge in [-0.1, -0.05) is 53.0 Å². The molecule has 0 aliphatic carbocycles. The van der Waals surface area contributed by atoms with Crippen LogP contribution < -0.4 is 0 Å². The van der Waals surface area contributed by atoms with Gasteiger partial charge in [0.15, 0.2) is 5.58 Å². The Hall–Kier alpha value is -1.19. The summed E-state index contributed by atoms with van der Waals surface area (Å²) in [5, 5.41) is 12.8. The molecule has 0 saturated carbocycles. The topological polar surface area (TPSA) is 33.4 Å². The lowest BCUT2D eigenvalue weighted by Gasteiger charge is -2.10. The minimum absolute atomic E-state index is 0.274. The van der Waals surface area contributed by atoms with Crippen molar-refractivity contribution >= 4 is 45.8 Å². The maximum absolute atomic E-state index is 10.4. The molecule has 1 unspecified atom stereocenters. The van der Waals surface area contributed by atoms with E-state index in [0.29, 0.717) is 32.0 Å². The van der Waals surface area contributed by atoms with Crippen LogP contribution in [0.15, 0.2) is 46.9 Å². The summed E-state index contributed by atoms with van der Waals surface area (Å²) in [6.07, 6.45) is -0.568. The van der Waals surface area contributed by atoms with E-state index in [-0.39, 0.29) is 6.42 Å². The van der Waals surface area contributed by atoms with Crippen molar-refractivity contribution in [1.29, 1.82) is 0 Å². The van der Waals surface area contributed by atoms with Gasteiger partial charge in [0.1, 0.15) is 11.9 Å². The third-order valence-electron chi connectivity index (χ3n) is 3.30. The monoisotopic (exact) mass is 340 g/mol. The number of hydrogen-bond acceptors (Lipinski definition) is 2. The van der Waals surface area contributed by atoms with Gasteiger partial charge in [0.2, 0.25) is 0 Å². The summed E-state index contributed by atoms with van der Waals surface area (Å²) in [5.41, 5.74) is 1.26. The maximum atomic E-state index is 10.4. The van der Waals surface area contributed by atoms with Crippen LogP contribution in [0.1, 0.15) is 17.4 Å². The molecular weight excluding hydrogens is 331 g/mol. The average Bonchev–Trinajstić information content (AvgIpc) is 2.88. The Morgan fingerprint density at radius 1 is 0.952 bits per heavy atom. The van der Waals surface area contributed by atoms with E-state index in [1.165, 1.54) is 0 Å². The predicted molar refractivity (Wildman–Crippen MR) is 86.3 cm³/mol. The van der Waals surface area contributed by atoms with E-state index >= 15 is 0 Å². The van der Waals surface area contributed by atoms with Crippen molar-refractivity contribution < 1.29 is 9.52 Å². The highest BCUT2D eigenvalue weighted by Crippen LogP contribution is 2.33. The second-order valence-electron chi connectivity index (χ2n) is 4.73. The van der Waals surface area contributed by atoms with Crippen molar-refractivity contribution in [1.82, 2.24) is 0 Å². The highest BCUT2D eigenvalue weighted by atomic mass is 35.5. The first-order chi connectivity index (χ1) is 10.1. The Labute approximate surface area is 136 Å². The lowest BCUT2D eigenvalue weighted by atomic mass is 10.1. The Morgan fingerprint density at radius 3 is 2.24 bits per heavy atom. The van der Waals surface area contributed by atoms with Gasteiger partial charge in [-0.05, 0) is 29.8 Å². The van der Waals surface area contributed by atoms with E-state index in [2.05, 4.69) is 0 Å². The molecule has 3 aromatic rings. The van der Waals surface area contributed by atoms with E-state index in [1.807, 2.05) is 12.1 Å². The maximum Gasteiger partial charge on any atom is 0.152 e. The zero-order valence-electron chi connectivity index (χ0n) is 10.8. The van der Waals surface area contributed by atoms with Crippen LogP contribution in [0.3, 0.4) is 0 Å². The van der Waals surface area contributed by atoms with Gasteiger partial charge < -0.3 is 9.52 Å². The van der Waals surface area contributed by atoms with Crippen molar-refractivity contribution in [2.75, 3.05) is 0 Å². The van der Waals surface area contributed by atoms with Gasteiger partial charge in [-0.15, -0.1) is 0 Å². The molecule has 1 N–H and O–H groups in total. The van der Waals surface area contributed by atoms with Gasteiger partial charge >= 0.3 is 0 Å². The number of aliphatic hydroxyl groups excluding tert-OH is 1. The summed E-state index contributed by atoms with van der Waals surface area (Å²) < 4.78 is 5.64. The van der Waals surface area contributed by atoms with Crippen LogP contribution in [0.2, 0.25) is 15.1 Å². The molecule has 0 aliphatic rings. The lowest BCUT2D eigenvalue weighted by molar-refractivity contribution is 0.152. The molecule has 0 fully saturated rings. The van der Waals surface area contributed by atoms with Crippen molar-refractivity contribution in [2.24, 2.45) is 0 Å². The molecular formula is C16H11Cl3O2. The first kappa shape index (κ1) is 14.7. The van der Waals surface area contributed by atoms with Crippen LogP contribution in [-0.2, 0) is 6.42 Å². The van der Waals surface area contributed by atoms with Gasteiger partial charge in [0.25, 0.3) is 0 Å². The molecule has 0 aliphatic heterocycles. The second kappa shape index (κ2) is 5.90.